The van der Waals surface area contributed by atoms with Crippen LogP contribution in [0.15, 0.2) is 24.3 Å². The molecule has 0 aliphatic carbocycles. The number of halogens is 3. The number of hydrogen-bond acceptors (Lipinski definition) is 3. The highest BCUT2D eigenvalue weighted by molar-refractivity contribution is 5.91. The first kappa shape index (κ1) is 19.1. The number of rotatable bonds is 4. The lowest BCUT2D eigenvalue weighted by molar-refractivity contribution is -0.185. The summed E-state index contributed by atoms with van der Waals surface area (Å²) in [4.78, 5) is 25.7. The minimum Gasteiger partial charge on any atom is -0.368 e. The fourth-order valence-corrected chi connectivity index (χ4v) is 2.69. The molecule has 1 fully saturated rings. The third-order valence-electron chi connectivity index (χ3n) is 3.92. The first-order valence-corrected chi connectivity index (χ1v) is 8.18. The van der Waals surface area contributed by atoms with Crippen molar-refractivity contribution in [1.82, 2.24) is 4.90 Å². The zero-order valence-electron chi connectivity index (χ0n) is 14.3. The van der Waals surface area contributed by atoms with E-state index in [2.05, 4.69) is 5.32 Å². The summed E-state index contributed by atoms with van der Waals surface area (Å²) in [6.07, 6.45) is -4.38. The van der Waals surface area contributed by atoms with Crippen LogP contribution >= 0.6 is 0 Å². The maximum absolute atomic E-state index is 12.4. The van der Waals surface area contributed by atoms with Crippen LogP contribution in [0, 0.1) is 5.92 Å². The third kappa shape index (κ3) is 5.37. The van der Waals surface area contributed by atoms with E-state index < -0.39 is 12.1 Å². The van der Waals surface area contributed by atoms with Crippen LogP contribution in [0.4, 0.5) is 24.5 Å². The number of anilines is 2. The van der Waals surface area contributed by atoms with Crippen molar-refractivity contribution in [3.63, 3.8) is 0 Å². The molecule has 25 heavy (non-hydrogen) atoms. The first-order chi connectivity index (χ1) is 11.7. The van der Waals surface area contributed by atoms with E-state index in [1.165, 1.54) is 0 Å². The molecule has 0 aromatic heterocycles. The van der Waals surface area contributed by atoms with E-state index in [4.69, 9.17) is 0 Å². The van der Waals surface area contributed by atoms with E-state index in [-0.39, 0.29) is 24.9 Å². The summed E-state index contributed by atoms with van der Waals surface area (Å²) in [7, 11) is 0. The average molecular weight is 357 g/mol. The van der Waals surface area contributed by atoms with Crippen molar-refractivity contribution in [3.05, 3.63) is 24.3 Å². The number of carbonyl (C=O) groups excluding carboxylic acids is 2. The number of amides is 2. The Balaban J connectivity index is 1.89. The van der Waals surface area contributed by atoms with Gasteiger partial charge in [0, 0.05) is 44.0 Å². The van der Waals surface area contributed by atoms with E-state index in [1.54, 1.807) is 12.1 Å². The lowest BCUT2D eigenvalue weighted by Gasteiger charge is -2.36. The fourth-order valence-electron chi connectivity index (χ4n) is 2.69. The Morgan fingerprint density at radius 3 is 2.12 bits per heavy atom. The molecule has 1 heterocycles. The summed E-state index contributed by atoms with van der Waals surface area (Å²) >= 11 is 0. The molecule has 0 spiro atoms. The molecule has 1 aliphatic rings. The molecular weight excluding hydrogens is 335 g/mol. The SMILES string of the molecule is CC(C)CC(=O)Nc1ccc(N2CCN(C(=O)C(F)(F)F)CC2)cc1. The van der Waals surface area contributed by atoms with Crippen LogP contribution in [0.5, 0.6) is 0 Å². The molecule has 0 bridgehead atoms. The van der Waals surface area contributed by atoms with Gasteiger partial charge in [0.1, 0.15) is 0 Å². The maximum Gasteiger partial charge on any atom is 0.471 e. The highest BCUT2D eigenvalue weighted by Crippen LogP contribution is 2.23. The van der Waals surface area contributed by atoms with E-state index in [0.717, 1.165) is 10.6 Å². The van der Waals surface area contributed by atoms with Gasteiger partial charge < -0.3 is 15.1 Å². The van der Waals surface area contributed by atoms with Crippen LogP contribution in [0.1, 0.15) is 20.3 Å². The van der Waals surface area contributed by atoms with Crippen molar-refractivity contribution < 1.29 is 22.8 Å². The van der Waals surface area contributed by atoms with Gasteiger partial charge in [-0.3, -0.25) is 9.59 Å². The lowest BCUT2D eigenvalue weighted by atomic mass is 10.1. The van der Waals surface area contributed by atoms with Gasteiger partial charge in [0.25, 0.3) is 0 Å². The second-order valence-electron chi connectivity index (χ2n) is 6.47. The van der Waals surface area contributed by atoms with Crippen LogP contribution in [-0.2, 0) is 9.59 Å². The minimum absolute atomic E-state index is 0.0330. The molecule has 1 aliphatic heterocycles. The topological polar surface area (TPSA) is 52.7 Å². The van der Waals surface area contributed by atoms with Gasteiger partial charge in [0.15, 0.2) is 0 Å². The van der Waals surface area contributed by atoms with Gasteiger partial charge in [0.05, 0.1) is 0 Å². The van der Waals surface area contributed by atoms with Crippen molar-refractivity contribution in [1.29, 1.82) is 0 Å². The summed E-state index contributed by atoms with van der Waals surface area (Å²) in [5.74, 6) is -1.56. The van der Waals surface area contributed by atoms with Crippen LogP contribution in [0.25, 0.3) is 0 Å². The molecule has 2 rings (SSSR count). The minimum atomic E-state index is -4.82. The van der Waals surface area contributed by atoms with Gasteiger partial charge in [-0.1, -0.05) is 13.8 Å². The molecule has 1 saturated heterocycles. The summed E-state index contributed by atoms with van der Waals surface area (Å²) in [6, 6.07) is 7.15. The molecule has 1 aromatic rings. The molecule has 5 nitrogen and oxygen atoms in total. The van der Waals surface area contributed by atoms with Crippen molar-refractivity contribution in [2.75, 3.05) is 36.4 Å². The molecular formula is C17H22F3N3O2. The van der Waals surface area contributed by atoms with Crippen LogP contribution in [0.3, 0.4) is 0 Å². The van der Waals surface area contributed by atoms with Crippen molar-refractivity contribution in [2.24, 2.45) is 5.92 Å². The molecule has 0 radical (unpaired) electrons. The Morgan fingerprint density at radius 1 is 1.08 bits per heavy atom. The van der Waals surface area contributed by atoms with Crippen LogP contribution < -0.4 is 10.2 Å². The molecule has 138 valence electrons. The van der Waals surface area contributed by atoms with Gasteiger partial charge in [-0.05, 0) is 30.2 Å². The number of benzene rings is 1. The smallest absolute Gasteiger partial charge is 0.368 e. The second-order valence-corrected chi connectivity index (χ2v) is 6.47. The van der Waals surface area contributed by atoms with E-state index in [9.17, 15) is 22.8 Å². The molecule has 1 aromatic carbocycles. The Kier molecular flexibility index (Phi) is 5.92. The van der Waals surface area contributed by atoms with E-state index >= 15 is 0 Å². The second kappa shape index (κ2) is 7.76. The van der Waals surface area contributed by atoms with Crippen molar-refractivity contribution in [2.45, 2.75) is 26.4 Å². The number of nitrogens with one attached hydrogen (secondary N) is 1. The van der Waals surface area contributed by atoms with Gasteiger partial charge >= 0.3 is 12.1 Å². The van der Waals surface area contributed by atoms with Gasteiger partial charge in [0.2, 0.25) is 5.91 Å². The summed E-state index contributed by atoms with van der Waals surface area (Å²) in [5, 5.41) is 2.81. The molecule has 1 N–H and O–H groups in total. The normalized spacial score (nSPS) is 15.4. The predicted molar refractivity (Wildman–Crippen MR) is 89.4 cm³/mol. The molecule has 2 amide bonds. The molecule has 8 heteroatoms. The Labute approximate surface area is 144 Å². The van der Waals surface area contributed by atoms with Crippen LogP contribution in [-0.4, -0.2) is 49.1 Å². The molecule has 0 saturated carbocycles. The van der Waals surface area contributed by atoms with Crippen LogP contribution in [0.2, 0.25) is 0 Å². The Morgan fingerprint density at radius 2 is 1.64 bits per heavy atom. The average Bonchev–Trinajstić information content (AvgIpc) is 2.53. The molecule has 0 atom stereocenters. The summed E-state index contributed by atoms with van der Waals surface area (Å²) < 4.78 is 37.3. The van der Waals surface area contributed by atoms with Crippen molar-refractivity contribution >= 4 is 23.2 Å². The van der Waals surface area contributed by atoms with Gasteiger partial charge in [-0.15, -0.1) is 0 Å². The van der Waals surface area contributed by atoms with Gasteiger partial charge in [-0.25, -0.2) is 0 Å². The van der Waals surface area contributed by atoms with E-state index in [1.807, 2.05) is 30.9 Å². The van der Waals surface area contributed by atoms with Gasteiger partial charge in [-0.2, -0.15) is 13.2 Å². The zero-order chi connectivity index (χ0) is 18.6. The third-order valence-corrected chi connectivity index (χ3v) is 3.92. The number of alkyl halides is 3. The standard InChI is InChI=1S/C17H22F3N3O2/c1-12(2)11-15(24)21-13-3-5-14(6-4-13)22-7-9-23(10-8-22)16(25)17(18,19)20/h3-6,12H,7-11H2,1-2H3,(H,21,24). The number of piperazine rings is 1. The largest absolute Gasteiger partial charge is 0.471 e. The highest BCUT2D eigenvalue weighted by Gasteiger charge is 2.43. The maximum atomic E-state index is 12.4. The fraction of sp³-hybridized carbons (Fsp3) is 0.529. The first-order valence-electron chi connectivity index (χ1n) is 8.18. The van der Waals surface area contributed by atoms with Crippen molar-refractivity contribution in [3.8, 4) is 0 Å². The summed E-state index contributed by atoms with van der Waals surface area (Å²) in [5.41, 5.74) is 1.53. The Bertz CT molecular complexity index is 607. The lowest BCUT2D eigenvalue weighted by Crippen LogP contribution is -2.52. The highest BCUT2D eigenvalue weighted by atomic mass is 19.4. The Hall–Kier alpha value is -2.25. The molecule has 0 unspecified atom stereocenters. The number of hydrogen-bond donors (Lipinski definition) is 1. The number of carbonyl (C=O) groups is 2. The zero-order valence-corrected chi connectivity index (χ0v) is 14.3. The van der Waals surface area contributed by atoms with E-state index in [0.29, 0.717) is 25.2 Å². The number of nitrogens with zero attached hydrogens (tertiary/aromatic N) is 2. The quantitative estimate of drug-likeness (QED) is 0.902. The predicted octanol–water partition coefficient (Wildman–Crippen LogP) is 2.88. The monoisotopic (exact) mass is 357 g/mol. The summed E-state index contributed by atoms with van der Waals surface area (Å²) in [6.45, 7) is 4.66.